The predicted octanol–water partition coefficient (Wildman–Crippen LogP) is 2.59. The van der Waals surface area contributed by atoms with E-state index < -0.39 is 0 Å². The molecular formula is C13H17N3O. The Kier molecular flexibility index (Phi) is 3.32. The van der Waals surface area contributed by atoms with Crippen LogP contribution in [0.2, 0.25) is 0 Å². The van der Waals surface area contributed by atoms with Gasteiger partial charge in [0.1, 0.15) is 11.6 Å². The second-order valence-corrected chi connectivity index (χ2v) is 3.94. The molecule has 0 unspecified atom stereocenters. The van der Waals surface area contributed by atoms with E-state index in [2.05, 4.69) is 16.8 Å². The largest absolute Gasteiger partial charge is 0.467 e. The molecular weight excluding hydrogens is 214 g/mol. The van der Waals surface area contributed by atoms with Crippen LogP contribution in [0.5, 0.6) is 0 Å². The van der Waals surface area contributed by atoms with Crippen LogP contribution in [0.4, 0.5) is 11.5 Å². The molecule has 2 heterocycles. The van der Waals surface area contributed by atoms with Crippen LogP contribution < -0.4 is 10.6 Å². The van der Waals surface area contributed by atoms with Crippen molar-refractivity contribution in [2.75, 3.05) is 17.2 Å². The van der Waals surface area contributed by atoms with E-state index in [4.69, 9.17) is 10.2 Å². The maximum absolute atomic E-state index is 5.77. The summed E-state index contributed by atoms with van der Waals surface area (Å²) in [6.07, 6.45) is 1.69. The zero-order valence-corrected chi connectivity index (χ0v) is 10.2. The average molecular weight is 231 g/mol. The van der Waals surface area contributed by atoms with E-state index in [0.29, 0.717) is 0 Å². The van der Waals surface area contributed by atoms with Crippen molar-refractivity contribution in [1.82, 2.24) is 4.98 Å². The number of nitrogens with two attached hydrogens (primary N) is 1. The molecule has 0 aliphatic rings. The molecule has 0 atom stereocenters. The van der Waals surface area contributed by atoms with E-state index in [1.807, 2.05) is 31.2 Å². The molecule has 0 aliphatic carbocycles. The highest BCUT2D eigenvalue weighted by Gasteiger charge is 2.09. The highest BCUT2D eigenvalue weighted by molar-refractivity contribution is 5.50. The minimum Gasteiger partial charge on any atom is -0.467 e. The van der Waals surface area contributed by atoms with Gasteiger partial charge in [-0.1, -0.05) is 0 Å². The Morgan fingerprint density at radius 3 is 2.76 bits per heavy atom. The minimum atomic E-state index is 0.722. The molecule has 17 heavy (non-hydrogen) atoms. The summed E-state index contributed by atoms with van der Waals surface area (Å²) >= 11 is 0. The van der Waals surface area contributed by atoms with Gasteiger partial charge >= 0.3 is 0 Å². The first-order chi connectivity index (χ1) is 8.20. The van der Waals surface area contributed by atoms with Crippen molar-refractivity contribution in [2.45, 2.75) is 20.4 Å². The first-order valence-electron chi connectivity index (χ1n) is 5.71. The van der Waals surface area contributed by atoms with E-state index in [9.17, 15) is 0 Å². The van der Waals surface area contributed by atoms with Gasteiger partial charge in [0.25, 0.3) is 0 Å². The van der Waals surface area contributed by atoms with Crippen molar-refractivity contribution < 1.29 is 4.42 Å². The summed E-state index contributed by atoms with van der Waals surface area (Å²) in [6.45, 7) is 5.60. The number of aryl methyl sites for hydroxylation is 1. The van der Waals surface area contributed by atoms with Gasteiger partial charge in [-0.25, -0.2) is 4.98 Å². The smallest absolute Gasteiger partial charge is 0.129 e. The first kappa shape index (κ1) is 11.5. The third kappa shape index (κ3) is 2.58. The zero-order chi connectivity index (χ0) is 12.3. The molecule has 0 saturated carbocycles. The number of nitrogen functional groups attached to an aromatic ring is 1. The third-order valence-corrected chi connectivity index (χ3v) is 2.74. The van der Waals surface area contributed by atoms with Crippen LogP contribution in [0.3, 0.4) is 0 Å². The van der Waals surface area contributed by atoms with Crippen LogP contribution in [-0.4, -0.2) is 11.5 Å². The summed E-state index contributed by atoms with van der Waals surface area (Å²) in [5.74, 6) is 1.86. The first-order valence-corrected chi connectivity index (χ1v) is 5.71. The number of hydrogen-bond donors (Lipinski definition) is 1. The molecule has 0 aromatic carbocycles. The van der Waals surface area contributed by atoms with Gasteiger partial charge < -0.3 is 15.1 Å². The van der Waals surface area contributed by atoms with Crippen molar-refractivity contribution in [3.05, 3.63) is 42.0 Å². The number of anilines is 2. The summed E-state index contributed by atoms with van der Waals surface area (Å²) in [5, 5.41) is 0. The molecule has 0 fully saturated rings. The topological polar surface area (TPSA) is 55.3 Å². The van der Waals surface area contributed by atoms with Crippen LogP contribution >= 0.6 is 0 Å². The molecule has 90 valence electrons. The monoisotopic (exact) mass is 231 g/mol. The van der Waals surface area contributed by atoms with Crippen LogP contribution in [0.15, 0.2) is 34.9 Å². The second kappa shape index (κ2) is 4.91. The normalized spacial score (nSPS) is 10.5. The van der Waals surface area contributed by atoms with E-state index in [-0.39, 0.29) is 0 Å². The van der Waals surface area contributed by atoms with Crippen LogP contribution in [0, 0.1) is 6.92 Å². The number of furan rings is 1. The predicted molar refractivity (Wildman–Crippen MR) is 68.8 cm³/mol. The van der Waals surface area contributed by atoms with Gasteiger partial charge in [0.15, 0.2) is 0 Å². The SMILES string of the molecule is CCN(Cc1ccco1)c1ccc(N)c(C)n1. The molecule has 2 aromatic rings. The van der Waals surface area contributed by atoms with E-state index in [1.165, 1.54) is 0 Å². The Balaban J connectivity index is 2.20. The fourth-order valence-corrected chi connectivity index (χ4v) is 1.68. The lowest BCUT2D eigenvalue weighted by Crippen LogP contribution is -2.23. The average Bonchev–Trinajstić information content (AvgIpc) is 2.82. The van der Waals surface area contributed by atoms with Crippen LogP contribution in [0.25, 0.3) is 0 Å². The van der Waals surface area contributed by atoms with Crippen molar-refractivity contribution in [3.63, 3.8) is 0 Å². The van der Waals surface area contributed by atoms with E-state index in [1.54, 1.807) is 6.26 Å². The summed E-state index contributed by atoms with van der Waals surface area (Å²) in [4.78, 5) is 6.63. The standard InChI is InChI=1S/C13H17N3O/c1-3-16(9-11-5-4-8-17-11)13-7-6-12(14)10(2)15-13/h4-8H,3,9,14H2,1-2H3. The van der Waals surface area contributed by atoms with Gasteiger partial charge in [-0.2, -0.15) is 0 Å². The molecule has 2 aromatic heterocycles. The van der Waals surface area contributed by atoms with Gasteiger partial charge in [0.05, 0.1) is 24.2 Å². The summed E-state index contributed by atoms with van der Waals surface area (Å²) < 4.78 is 5.35. The molecule has 0 bridgehead atoms. The van der Waals surface area contributed by atoms with E-state index in [0.717, 1.165) is 36.0 Å². The molecule has 2 N–H and O–H groups in total. The van der Waals surface area contributed by atoms with E-state index >= 15 is 0 Å². The Labute approximate surface area is 101 Å². The van der Waals surface area contributed by atoms with Gasteiger partial charge in [-0.05, 0) is 38.1 Å². The fourth-order valence-electron chi connectivity index (χ4n) is 1.68. The third-order valence-electron chi connectivity index (χ3n) is 2.74. The molecule has 0 spiro atoms. The molecule has 0 radical (unpaired) electrons. The van der Waals surface area contributed by atoms with Crippen molar-refractivity contribution >= 4 is 11.5 Å². The molecule has 0 amide bonds. The number of aromatic nitrogens is 1. The quantitative estimate of drug-likeness (QED) is 0.878. The fraction of sp³-hybridized carbons (Fsp3) is 0.308. The Morgan fingerprint density at radius 1 is 1.35 bits per heavy atom. The van der Waals surface area contributed by atoms with Crippen LogP contribution in [0.1, 0.15) is 18.4 Å². The highest BCUT2D eigenvalue weighted by atomic mass is 16.3. The van der Waals surface area contributed by atoms with Crippen molar-refractivity contribution in [1.29, 1.82) is 0 Å². The Bertz CT molecular complexity index is 479. The van der Waals surface area contributed by atoms with Gasteiger partial charge in [0.2, 0.25) is 0 Å². The summed E-state index contributed by atoms with van der Waals surface area (Å²) in [7, 11) is 0. The minimum absolute atomic E-state index is 0.722. The maximum Gasteiger partial charge on any atom is 0.129 e. The summed E-state index contributed by atoms with van der Waals surface area (Å²) in [6, 6.07) is 7.69. The summed E-state index contributed by atoms with van der Waals surface area (Å²) in [5.41, 5.74) is 7.35. The molecule has 4 nitrogen and oxygen atoms in total. The highest BCUT2D eigenvalue weighted by Crippen LogP contribution is 2.18. The van der Waals surface area contributed by atoms with Gasteiger partial charge in [-0.15, -0.1) is 0 Å². The number of pyridine rings is 1. The Morgan fingerprint density at radius 2 is 2.18 bits per heavy atom. The van der Waals surface area contributed by atoms with Gasteiger partial charge in [0, 0.05) is 6.54 Å². The molecule has 4 heteroatoms. The van der Waals surface area contributed by atoms with Crippen LogP contribution in [-0.2, 0) is 6.54 Å². The lowest BCUT2D eigenvalue weighted by Gasteiger charge is -2.21. The van der Waals surface area contributed by atoms with Gasteiger partial charge in [-0.3, -0.25) is 0 Å². The van der Waals surface area contributed by atoms with Crippen molar-refractivity contribution in [2.24, 2.45) is 0 Å². The zero-order valence-electron chi connectivity index (χ0n) is 10.2. The maximum atomic E-state index is 5.77. The lowest BCUT2D eigenvalue weighted by atomic mass is 10.3. The number of nitrogens with zero attached hydrogens (tertiary/aromatic N) is 2. The number of hydrogen-bond acceptors (Lipinski definition) is 4. The Hall–Kier alpha value is -1.97. The number of rotatable bonds is 4. The molecule has 0 aliphatic heterocycles. The molecule has 0 saturated heterocycles. The van der Waals surface area contributed by atoms with Crippen molar-refractivity contribution in [3.8, 4) is 0 Å². The molecule has 2 rings (SSSR count). The lowest BCUT2D eigenvalue weighted by molar-refractivity contribution is 0.503. The second-order valence-electron chi connectivity index (χ2n) is 3.94.